The van der Waals surface area contributed by atoms with Gasteiger partial charge in [0.1, 0.15) is 5.75 Å². The maximum Gasteiger partial charge on any atom is 0.261 e. The second kappa shape index (κ2) is 9.61. The van der Waals surface area contributed by atoms with Crippen molar-refractivity contribution >= 4 is 21.6 Å². The molecule has 0 spiro atoms. The highest BCUT2D eigenvalue weighted by molar-refractivity contribution is 7.92. The number of benzene rings is 2. The fourth-order valence-corrected chi connectivity index (χ4v) is 3.69. The number of pyridine rings is 1. The second-order valence-electron chi connectivity index (χ2n) is 7.21. The summed E-state index contributed by atoms with van der Waals surface area (Å²) in [6.45, 7) is 5.83. The minimum absolute atomic E-state index is 0.0883. The molecule has 1 heterocycles. The number of carbonyl (C=O) groups excluding carboxylic acids is 1. The van der Waals surface area contributed by atoms with Gasteiger partial charge in [-0.15, -0.1) is 0 Å². The molecule has 0 unspecified atom stereocenters. The summed E-state index contributed by atoms with van der Waals surface area (Å²) in [6, 6.07) is 16.5. The summed E-state index contributed by atoms with van der Waals surface area (Å²) in [5.74, 6) is 0.634. The van der Waals surface area contributed by atoms with Crippen LogP contribution in [-0.4, -0.2) is 25.4 Å². The molecule has 0 fully saturated rings. The van der Waals surface area contributed by atoms with Gasteiger partial charge in [-0.05, 0) is 62.7 Å². The van der Waals surface area contributed by atoms with E-state index < -0.39 is 10.0 Å². The Labute approximate surface area is 182 Å². The molecule has 2 N–H and O–H groups in total. The molecule has 162 valence electrons. The van der Waals surface area contributed by atoms with Crippen molar-refractivity contribution in [2.24, 2.45) is 0 Å². The number of aromatic nitrogens is 1. The molecule has 2 aromatic carbocycles. The fourth-order valence-electron chi connectivity index (χ4n) is 2.63. The average Bonchev–Trinajstić information content (AvgIpc) is 2.75. The van der Waals surface area contributed by atoms with E-state index in [9.17, 15) is 13.2 Å². The van der Waals surface area contributed by atoms with Gasteiger partial charge in [-0.3, -0.25) is 9.52 Å². The minimum atomic E-state index is -3.67. The van der Waals surface area contributed by atoms with Crippen LogP contribution in [0, 0.1) is 6.92 Å². The van der Waals surface area contributed by atoms with E-state index in [1.54, 1.807) is 60.7 Å². The predicted octanol–water partition coefficient (Wildman–Crippen LogP) is 4.51. The van der Waals surface area contributed by atoms with E-state index in [1.165, 1.54) is 6.20 Å². The molecule has 8 heteroatoms. The summed E-state index contributed by atoms with van der Waals surface area (Å²) in [4.78, 5) is 16.5. The molecule has 1 atom stereocenters. The number of aryl methyl sites for hydroxylation is 1. The van der Waals surface area contributed by atoms with Crippen molar-refractivity contribution in [3.8, 4) is 11.6 Å². The molecule has 0 radical (unpaired) electrons. The lowest BCUT2D eigenvalue weighted by Crippen LogP contribution is -2.31. The van der Waals surface area contributed by atoms with Crippen LogP contribution in [0.5, 0.6) is 11.6 Å². The number of hydrogen-bond acceptors (Lipinski definition) is 5. The lowest BCUT2D eigenvalue weighted by molar-refractivity contribution is 0.0939. The Kier molecular flexibility index (Phi) is 6.91. The Bertz CT molecular complexity index is 1130. The SMILES string of the molecule is CC[C@H](C)NC(=O)c1ccc(Oc2ccc(NS(=O)(=O)c3ccc(C)cc3)cc2)nc1. The summed E-state index contributed by atoms with van der Waals surface area (Å²) >= 11 is 0. The van der Waals surface area contributed by atoms with Gasteiger partial charge in [-0.2, -0.15) is 0 Å². The molecule has 3 rings (SSSR count). The van der Waals surface area contributed by atoms with E-state index in [4.69, 9.17) is 4.74 Å². The van der Waals surface area contributed by atoms with E-state index in [1.807, 2.05) is 20.8 Å². The molecule has 0 aliphatic carbocycles. The quantitative estimate of drug-likeness (QED) is 0.538. The number of carbonyl (C=O) groups is 1. The molecular formula is C23H25N3O4S. The van der Waals surface area contributed by atoms with Gasteiger partial charge in [0.25, 0.3) is 15.9 Å². The minimum Gasteiger partial charge on any atom is -0.439 e. The molecule has 3 aromatic rings. The molecular weight excluding hydrogens is 414 g/mol. The third-order valence-corrected chi connectivity index (χ3v) is 6.05. The average molecular weight is 440 g/mol. The largest absolute Gasteiger partial charge is 0.439 e. The number of nitrogens with zero attached hydrogens (tertiary/aromatic N) is 1. The summed E-state index contributed by atoms with van der Waals surface area (Å²) < 4.78 is 33.2. The fraction of sp³-hybridized carbons (Fsp3) is 0.217. The van der Waals surface area contributed by atoms with Gasteiger partial charge < -0.3 is 10.1 Å². The lowest BCUT2D eigenvalue weighted by atomic mass is 10.2. The number of nitrogens with one attached hydrogen (secondary N) is 2. The smallest absolute Gasteiger partial charge is 0.261 e. The molecule has 1 amide bonds. The van der Waals surface area contributed by atoms with Crippen LogP contribution in [0.1, 0.15) is 36.2 Å². The van der Waals surface area contributed by atoms with Gasteiger partial charge in [-0.25, -0.2) is 13.4 Å². The highest BCUT2D eigenvalue weighted by Gasteiger charge is 2.14. The number of ether oxygens (including phenoxy) is 1. The van der Waals surface area contributed by atoms with Gasteiger partial charge in [0.15, 0.2) is 0 Å². The third kappa shape index (κ3) is 6.05. The van der Waals surface area contributed by atoms with Gasteiger partial charge in [0, 0.05) is 24.0 Å². The Morgan fingerprint density at radius 2 is 1.71 bits per heavy atom. The Hall–Kier alpha value is -3.39. The van der Waals surface area contributed by atoms with Crippen molar-refractivity contribution in [1.29, 1.82) is 0 Å². The third-order valence-electron chi connectivity index (χ3n) is 4.65. The van der Waals surface area contributed by atoms with E-state index in [0.717, 1.165) is 12.0 Å². The Balaban J connectivity index is 1.63. The van der Waals surface area contributed by atoms with Crippen LogP contribution in [0.3, 0.4) is 0 Å². The number of amides is 1. The molecule has 0 bridgehead atoms. The van der Waals surface area contributed by atoms with Crippen LogP contribution >= 0.6 is 0 Å². The predicted molar refractivity (Wildman–Crippen MR) is 120 cm³/mol. The van der Waals surface area contributed by atoms with Crippen LogP contribution in [0.15, 0.2) is 71.8 Å². The maximum atomic E-state index is 12.5. The van der Waals surface area contributed by atoms with Gasteiger partial charge in [-0.1, -0.05) is 24.6 Å². The number of anilines is 1. The zero-order valence-electron chi connectivity index (χ0n) is 17.6. The van der Waals surface area contributed by atoms with E-state index in [2.05, 4.69) is 15.0 Å². The molecule has 1 aromatic heterocycles. The summed E-state index contributed by atoms with van der Waals surface area (Å²) in [7, 11) is -3.67. The normalized spacial score (nSPS) is 12.1. The zero-order chi connectivity index (χ0) is 22.4. The monoisotopic (exact) mass is 439 g/mol. The second-order valence-corrected chi connectivity index (χ2v) is 8.90. The maximum absolute atomic E-state index is 12.5. The zero-order valence-corrected chi connectivity index (χ0v) is 18.4. The van der Waals surface area contributed by atoms with Crippen molar-refractivity contribution in [1.82, 2.24) is 10.3 Å². The van der Waals surface area contributed by atoms with E-state index in [0.29, 0.717) is 22.9 Å². The van der Waals surface area contributed by atoms with Crippen LogP contribution in [0.4, 0.5) is 5.69 Å². The summed E-state index contributed by atoms with van der Waals surface area (Å²) in [5.41, 5.74) is 1.85. The van der Waals surface area contributed by atoms with Gasteiger partial charge >= 0.3 is 0 Å². The summed E-state index contributed by atoms with van der Waals surface area (Å²) in [6.07, 6.45) is 2.30. The standard InChI is InChI=1S/C23H25N3O4S/c1-4-17(3)25-23(27)18-7-14-22(24-15-18)30-20-10-8-19(9-11-20)26-31(28,29)21-12-5-16(2)6-13-21/h5-15,17,26H,4H2,1-3H3,(H,25,27)/t17-/m0/s1. The van der Waals surface area contributed by atoms with Crippen LogP contribution in [0.2, 0.25) is 0 Å². The van der Waals surface area contributed by atoms with Gasteiger partial charge in [0.05, 0.1) is 10.5 Å². The van der Waals surface area contributed by atoms with Crippen molar-refractivity contribution in [3.63, 3.8) is 0 Å². The summed E-state index contributed by atoms with van der Waals surface area (Å²) in [5, 5.41) is 2.88. The Morgan fingerprint density at radius 3 is 2.29 bits per heavy atom. The highest BCUT2D eigenvalue weighted by Crippen LogP contribution is 2.23. The molecule has 0 aliphatic rings. The van der Waals surface area contributed by atoms with Crippen LogP contribution in [-0.2, 0) is 10.0 Å². The van der Waals surface area contributed by atoms with Crippen molar-refractivity contribution < 1.29 is 17.9 Å². The lowest BCUT2D eigenvalue weighted by Gasteiger charge is -2.11. The van der Waals surface area contributed by atoms with Crippen LogP contribution < -0.4 is 14.8 Å². The molecule has 7 nitrogen and oxygen atoms in total. The first-order chi connectivity index (χ1) is 14.8. The molecule has 0 saturated carbocycles. The van der Waals surface area contributed by atoms with Gasteiger partial charge in [0.2, 0.25) is 5.88 Å². The highest BCUT2D eigenvalue weighted by atomic mass is 32.2. The van der Waals surface area contributed by atoms with Crippen LogP contribution in [0.25, 0.3) is 0 Å². The van der Waals surface area contributed by atoms with E-state index >= 15 is 0 Å². The number of rotatable bonds is 8. The van der Waals surface area contributed by atoms with Crippen molar-refractivity contribution in [2.75, 3.05) is 4.72 Å². The topological polar surface area (TPSA) is 97.4 Å². The molecule has 0 saturated heterocycles. The number of sulfonamides is 1. The Morgan fingerprint density at radius 1 is 1.03 bits per heavy atom. The van der Waals surface area contributed by atoms with Crippen molar-refractivity contribution in [2.45, 2.75) is 38.1 Å². The van der Waals surface area contributed by atoms with E-state index in [-0.39, 0.29) is 16.8 Å². The first-order valence-corrected chi connectivity index (χ1v) is 11.4. The molecule has 31 heavy (non-hydrogen) atoms. The first kappa shape index (κ1) is 22.3. The number of hydrogen-bond donors (Lipinski definition) is 2. The van der Waals surface area contributed by atoms with Crippen molar-refractivity contribution in [3.05, 3.63) is 78.0 Å². The molecule has 0 aliphatic heterocycles. The first-order valence-electron chi connectivity index (χ1n) is 9.91.